The zero-order chi connectivity index (χ0) is 27.6. The first kappa shape index (κ1) is 27.6. The molecule has 2 aromatic carbocycles. The number of halogens is 1. The Morgan fingerprint density at radius 1 is 1.23 bits per heavy atom. The second kappa shape index (κ2) is 11.3. The third kappa shape index (κ3) is 5.69. The van der Waals surface area contributed by atoms with Crippen LogP contribution in [0.25, 0.3) is 5.57 Å². The summed E-state index contributed by atoms with van der Waals surface area (Å²) in [6.45, 7) is 6.62. The van der Waals surface area contributed by atoms with E-state index in [9.17, 15) is 9.90 Å². The summed E-state index contributed by atoms with van der Waals surface area (Å²) in [5, 5.41) is 11.3. The fourth-order valence-electron chi connectivity index (χ4n) is 6.01. The number of piperidine rings is 1. The average molecular weight is 549 g/mol. The van der Waals surface area contributed by atoms with Crippen LogP contribution in [0.5, 0.6) is 5.75 Å². The van der Waals surface area contributed by atoms with Crippen LogP contribution in [-0.2, 0) is 20.5 Å². The Hall–Kier alpha value is -2.93. The van der Waals surface area contributed by atoms with Gasteiger partial charge in [0.05, 0.1) is 24.2 Å². The number of esters is 1. The van der Waals surface area contributed by atoms with Crippen molar-refractivity contribution in [3.8, 4) is 5.75 Å². The molecule has 2 aromatic rings. The van der Waals surface area contributed by atoms with Crippen LogP contribution in [0.1, 0.15) is 49.8 Å². The number of fused-ring (bicyclic) bond motifs is 2. The molecule has 0 aromatic heterocycles. The first-order chi connectivity index (χ1) is 18.7. The summed E-state index contributed by atoms with van der Waals surface area (Å²) in [5.41, 5.74) is 2.45. The number of ether oxygens (including phenoxy) is 2. The summed E-state index contributed by atoms with van der Waals surface area (Å²) in [5.74, 6) is 0.766. The normalized spacial score (nSPS) is 23.5. The van der Waals surface area contributed by atoms with E-state index >= 15 is 0 Å². The maximum atomic E-state index is 13.0. The topological polar surface area (TPSA) is 71.4 Å². The lowest BCUT2D eigenvalue weighted by atomic mass is 9.72. The van der Waals surface area contributed by atoms with E-state index < -0.39 is 11.0 Å². The molecule has 0 bridgehead atoms. The maximum absolute atomic E-state index is 13.0. The Kier molecular flexibility index (Phi) is 7.99. The summed E-state index contributed by atoms with van der Waals surface area (Å²) in [7, 11) is 1.47. The molecule has 0 spiro atoms. The molecule has 1 saturated heterocycles. The van der Waals surface area contributed by atoms with Gasteiger partial charge in [0.2, 0.25) is 0 Å². The summed E-state index contributed by atoms with van der Waals surface area (Å²) < 4.78 is 11.4. The molecule has 0 radical (unpaired) electrons. The molecule has 0 saturated carbocycles. The zero-order valence-corrected chi connectivity index (χ0v) is 23.7. The molecule has 0 amide bonds. The van der Waals surface area contributed by atoms with Crippen LogP contribution < -0.4 is 4.74 Å². The van der Waals surface area contributed by atoms with Crippen LogP contribution in [0.3, 0.4) is 0 Å². The smallest absolute Gasteiger partial charge is 0.316 e. The van der Waals surface area contributed by atoms with Gasteiger partial charge < -0.3 is 19.5 Å². The number of hydrogen-bond acceptors (Lipinski definition) is 6. The van der Waals surface area contributed by atoms with Crippen molar-refractivity contribution in [2.24, 2.45) is 10.9 Å². The van der Waals surface area contributed by atoms with E-state index in [2.05, 4.69) is 23.1 Å². The van der Waals surface area contributed by atoms with Crippen molar-refractivity contribution in [1.82, 2.24) is 4.90 Å². The molecule has 5 rings (SSSR count). The second-order valence-corrected chi connectivity index (χ2v) is 11.7. The third-order valence-electron chi connectivity index (χ3n) is 8.35. The average Bonchev–Trinajstić information content (AvgIpc) is 3.09. The van der Waals surface area contributed by atoms with Crippen LogP contribution in [0, 0.1) is 5.92 Å². The number of methoxy groups -OCH3 is 1. The number of nitrogens with zero attached hydrogens (tertiary/aromatic N) is 2. The Labute approximate surface area is 236 Å². The Balaban J connectivity index is 1.34. The fourth-order valence-corrected chi connectivity index (χ4v) is 6.13. The van der Waals surface area contributed by atoms with Crippen LogP contribution in [0.15, 0.2) is 65.7 Å². The van der Waals surface area contributed by atoms with Gasteiger partial charge in [-0.3, -0.25) is 9.79 Å². The van der Waals surface area contributed by atoms with Crippen LogP contribution in [-0.4, -0.2) is 61.6 Å². The Bertz CT molecular complexity index is 1280. The van der Waals surface area contributed by atoms with Gasteiger partial charge in [0.15, 0.2) is 0 Å². The molecule has 6 nitrogen and oxygen atoms in total. The van der Waals surface area contributed by atoms with E-state index in [-0.39, 0.29) is 17.9 Å². The second-order valence-electron chi connectivity index (χ2n) is 11.2. The zero-order valence-electron chi connectivity index (χ0n) is 22.9. The fraction of sp³-hybridized carbons (Fsp3) is 0.438. The molecular formula is C32H37ClN2O4. The number of benzene rings is 2. The number of likely N-dealkylation sites (tertiary alicyclic amines) is 1. The van der Waals surface area contributed by atoms with Gasteiger partial charge >= 0.3 is 5.97 Å². The predicted molar refractivity (Wildman–Crippen MR) is 156 cm³/mol. The van der Waals surface area contributed by atoms with Crippen molar-refractivity contribution in [2.75, 3.05) is 33.4 Å². The van der Waals surface area contributed by atoms with Gasteiger partial charge in [0.1, 0.15) is 12.4 Å². The van der Waals surface area contributed by atoms with Crippen molar-refractivity contribution in [3.63, 3.8) is 0 Å². The monoisotopic (exact) mass is 548 g/mol. The third-order valence-corrected chi connectivity index (χ3v) is 8.61. The molecule has 1 fully saturated rings. The van der Waals surface area contributed by atoms with Crippen molar-refractivity contribution in [3.05, 3.63) is 82.4 Å². The molecule has 1 N–H and O–H groups in total. The summed E-state index contributed by atoms with van der Waals surface area (Å²) in [6.07, 6.45) is 10.6. The van der Waals surface area contributed by atoms with Crippen molar-refractivity contribution in [2.45, 2.75) is 50.2 Å². The van der Waals surface area contributed by atoms with Crippen molar-refractivity contribution >= 4 is 29.4 Å². The van der Waals surface area contributed by atoms with Gasteiger partial charge in [-0.15, -0.1) is 0 Å². The lowest BCUT2D eigenvalue weighted by molar-refractivity contribution is -0.149. The van der Waals surface area contributed by atoms with E-state index in [4.69, 9.17) is 26.1 Å². The van der Waals surface area contributed by atoms with E-state index in [1.165, 1.54) is 12.7 Å². The molecule has 3 heterocycles. The van der Waals surface area contributed by atoms with Crippen molar-refractivity contribution < 1.29 is 19.4 Å². The lowest BCUT2D eigenvalue weighted by Crippen LogP contribution is -2.48. The molecule has 0 aliphatic carbocycles. The lowest BCUT2D eigenvalue weighted by Gasteiger charge is -2.40. The number of carbonyl (C=O) groups excluding carboxylic acids is 1. The number of dihydropyridines is 1. The van der Waals surface area contributed by atoms with Crippen LogP contribution >= 0.6 is 11.6 Å². The minimum absolute atomic E-state index is 0.0225. The molecular weight excluding hydrogens is 512 g/mol. The van der Waals surface area contributed by atoms with E-state index in [1.54, 1.807) is 13.8 Å². The minimum Gasteiger partial charge on any atom is -0.491 e. The highest BCUT2D eigenvalue weighted by atomic mass is 35.5. The van der Waals surface area contributed by atoms with Gasteiger partial charge in [0, 0.05) is 29.3 Å². The van der Waals surface area contributed by atoms with Crippen LogP contribution in [0.2, 0.25) is 5.02 Å². The molecule has 7 heteroatoms. The highest BCUT2D eigenvalue weighted by molar-refractivity contribution is 6.30. The maximum Gasteiger partial charge on any atom is 0.316 e. The number of aliphatic hydroxyl groups is 1. The quantitative estimate of drug-likeness (QED) is 0.478. The first-order valence-corrected chi connectivity index (χ1v) is 14.1. The number of aliphatic imine (C=N–C) groups is 1. The van der Waals surface area contributed by atoms with Gasteiger partial charge in [-0.25, -0.2) is 0 Å². The highest BCUT2D eigenvalue weighted by Gasteiger charge is 2.44. The van der Waals surface area contributed by atoms with Crippen molar-refractivity contribution in [1.29, 1.82) is 0 Å². The molecule has 3 aliphatic heterocycles. The first-order valence-electron chi connectivity index (χ1n) is 13.7. The summed E-state index contributed by atoms with van der Waals surface area (Å²) >= 11 is 6.11. The van der Waals surface area contributed by atoms with Gasteiger partial charge in [-0.05, 0) is 93.2 Å². The predicted octanol–water partition coefficient (Wildman–Crippen LogP) is 5.57. The van der Waals surface area contributed by atoms with E-state index in [0.717, 1.165) is 48.5 Å². The number of allylic oxidation sites excluding steroid dienone is 1. The molecule has 2 atom stereocenters. The van der Waals surface area contributed by atoms with Gasteiger partial charge in [-0.2, -0.15) is 0 Å². The summed E-state index contributed by atoms with van der Waals surface area (Å²) in [6, 6.07) is 13.6. The van der Waals surface area contributed by atoms with Crippen LogP contribution in [0.4, 0.5) is 0 Å². The van der Waals surface area contributed by atoms with E-state index in [1.807, 2.05) is 48.7 Å². The highest BCUT2D eigenvalue weighted by Crippen LogP contribution is 2.41. The standard InChI is InChI=1S/C32H37ClN2O4/c1-31(2,37)23-10-13-29-27(20-23)25(26-6-4-16-34-28(26)21-39-29)7-5-17-35-18-14-32(15-19-35,30(36)38-3)22-8-11-24(33)12-9-22/h4,6-13,16,20,26,28,37H,5,14-15,17-19,21H2,1-3H3/b25-7+. The Morgan fingerprint density at radius 3 is 2.67 bits per heavy atom. The Morgan fingerprint density at radius 2 is 1.97 bits per heavy atom. The van der Waals surface area contributed by atoms with Gasteiger partial charge in [-0.1, -0.05) is 42.0 Å². The number of rotatable bonds is 6. The largest absolute Gasteiger partial charge is 0.491 e. The minimum atomic E-state index is -0.948. The SMILES string of the molecule is COC(=O)C1(c2ccc(Cl)cc2)CCN(CC/C=C2/c3cc(C(C)(C)O)ccc3OCC3N=CC=CC23)CC1. The van der Waals surface area contributed by atoms with E-state index in [0.29, 0.717) is 24.5 Å². The number of carbonyl (C=O) groups is 1. The molecule has 206 valence electrons. The summed E-state index contributed by atoms with van der Waals surface area (Å²) in [4.78, 5) is 20.1. The van der Waals surface area contributed by atoms with Gasteiger partial charge in [0.25, 0.3) is 0 Å². The molecule has 3 aliphatic rings. The molecule has 39 heavy (non-hydrogen) atoms. The number of hydrogen-bond donors (Lipinski definition) is 1. The molecule has 2 unspecified atom stereocenters.